The number of amides is 1. The van der Waals surface area contributed by atoms with Crippen molar-refractivity contribution in [2.24, 2.45) is 0 Å². The summed E-state index contributed by atoms with van der Waals surface area (Å²) in [4.78, 5) is 34.4. The quantitative estimate of drug-likeness (QED) is 0.0616. The second kappa shape index (κ2) is 33.8. The SMILES string of the molecule is CC(C)(C)OC(=O)NCc1ccc(B2OC(C)(C)C(C)(C)O2)cc1.COC(=O)C(C)(C)c1cccc(Br)c1.Cc1ccc2c(CCl)c(C)ccc2c1.FC(F)(F)c1ccc(CBr)o1.O=CO[O-].[Cs+].[Cs+].[H-].[H-].[Na+]. The summed E-state index contributed by atoms with van der Waals surface area (Å²) in [6.45, 7) is 21.8. The molecule has 0 bridgehead atoms. The normalized spacial score (nSPS) is 13.2. The standard InChI is InChI=1S/C18H28BNO4.C13H13Cl.C11H13BrO2.C6H4BrF3O.CH2O3.2Cs.Na.2H/c1-16(2,3)22-15(21)20-12-13-8-10-14(11-9-13)19-23-17(4,5)18(6,7)24-19;1-9-3-6-12-11(7-9)5-4-10(2)13(12)8-14;1-11(2,10(13)14-3)8-5-4-6-9(12)7-8;7-3-4-1-2-5(11-4)6(8,9)10;2-1-4-3;;;;;/h8-11H,12H2,1-7H3,(H,20,21);3-7H,8H2,1-2H3;4-7H,1-3H3;1-2H,3H2;1,3H;;;;;/q;;;;;3*+1;2*-1/p-1. The van der Waals surface area contributed by atoms with Crippen molar-refractivity contribution in [3.8, 4) is 0 Å². The van der Waals surface area contributed by atoms with E-state index in [9.17, 15) is 22.8 Å². The summed E-state index contributed by atoms with van der Waals surface area (Å²) < 4.78 is 62.9. The van der Waals surface area contributed by atoms with Gasteiger partial charge in [-0.1, -0.05) is 104 Å². The molecule has 1 aromatic heterocycles. The molecule has 370 valence electrons. The minimum atomic E-state index is -4.37. The summed E-state index contributed by atoms with van der Waals surface area (Å²) >= 11 is 12.3. The minimum absolute atomic E-state index is 0. The van der Waals surface area contributed by atoms with Crippen LogP contribution in [0.3, 0.4) is 0 Å². The van der Waals surface area contributed by atoms with E-state index in [0.717, 1.165) is 27.1 Å². The van der Waals surface area contributed by atoms with Crippen LogP contribution in [0.4, 0.5) is 18.0 Å². The van der Waals surface area contributed by atoms with Gasteiger partial charge in [-0.3, -0.25) is 9.59 Å². The molecule has 2 heterocycles. The Kier molecular flexibility index (Phi) is 35.1. The van der Waals surface area contributed by atoms with Crippen molar-refractivity contribution in [1.29, 1.82) is 0 Å². The topological polar surface area (TPSA) is 146 Å². The van der Waals surface area contributed by atoms with E-state index in [1.807, 2.05) is 111 Å². The molecule has 1 amide bonds. The van der Waals surface area contributed by atoms with E-state index < -0.39 is 29.0 Å². The van der Waals surface area contributed by atoms with Gasteiger partial charge < -0.3 is 41.5 Å². The third-order valence-corrected chi connectivity index (χ3v) is 11.7. The van der Waals surface area contributed by atoms with Crippen LogP contribution in [0.1, 0.15) is 105 Å². The molecule has 0 saturated carbocycles. The number of rotatable bonds is 8. The number of carbonyl (C=O) groups is 3. The summed E-state index contributed by atoms with van der Waals surface area (Å²) in [5.41, 5.74) is 4.92. The van der Waals surface area contributed by atoms with Gasteiger partial charge in [0, 0.05) is 16.9 Å². The molecule has 1 N–H and O–H groups in total. The Morgan fingerprint density at radius 2 is 1.46 bits per heavy atom. The third-order valence-electron chi connectivity index (χ3n) is 10.3. The van der Waals surface area contributed by atoms with Gasteiger partial charge in [0.25, 0.3) is 6.47 Å². The number of hydrogen-bond donors (Lipinski definition) is 1. The molecular formula is C49H61BBr2ClCs2F3NNaO10. The largest absolute Gasteiger partial charge is 1.00 e. The minimum Gasteiger partial charge on any atom is -1.00 e. The van der Waals surface area contributed by atoms with E-state index in [1.54, 1.807) is 0 Å². The molecule has 21 heteroatoms. The molecule has 5 aromatic rings. The number of nitrogens with one attached hydrogen (secondary N) is 1. The molecule has 0 aliphatic carbocycles. The van der Waals surface area contributed by atoms with Crippen LogP contribution in [0.25, 0.3) is 10.8 Å². The van der Waals surface area contributed by atoms with Gasteiger partial charge in [0.05, 0.1) is 29.1 Å². The molecule has 0 radical (unpaired) electrons. The number of esters is 1. The molecule has 0 spiro atoms. The Morgan fingerprint density at radius 3 is 1.90 bits per heavy atom. The maximum Gasteiger partial charge on any atom is 1.00 e. The number of alkyl halides is 5. The molecule has 0 atom stereocenters. The Morgan fingerprint density at radius 1 is 0.886 bits per heavy atom. The van der Waals surface area contributed by atoms with Gasteiger partial charge in [0.2, 0.25) is 5.76 Å². The first-order valence-electron chi connectivity index (χ1n) is 20.8. The maximum atomic E-state index is 11.8. The monoisotopic (exact) mass is 1370 g/mol. The van der Waals surface area contributed by atoms with Gasteiger partial charge in [0.15, 0.2) is 0 Å². The smallest absolute Gasteiger partial charge is 1.00 e. The van der Waals surface area contributed by atoms with Crippen molar-refractivity contribution < 1.29 is 231 Å². The predicted octanol–water partition coefficient (Wildman–Crippen LogP) is 2.97. The van der Waals surface area contributed by atoms with Crippen LogP contribution >= 0.6 is 43.5 Å². The molecule has 1 aliphatic heterocycles. The van der Waals surface area contributed by atoms with Crippen molar-refractivity contribution in [3.05, 3.63) is 135 Å². The zero-order chi connectivity index (χ0) is 51.0. The van der Waals surface area contributed by atoms with Crippen molar-refractivity contribution in [3.63, 3.8) is 0 Å². The van der Waals surface area contributed by atoms with Crippen LogP contribution in [-0.2, 0) is 62.6 Å². The number of ether oxygens (including phenoxy) is 2. The van der Waals surface area contributed by atoms with Gasteiger partial charge >= 0.3 is 193 Å². The number of carbonyl (C=O) groups excluding carboxylic acids is 3. The van der Waals surface area contributed by atoms with Gasteiger partial charge in [0.1, 0.15) is 11.4 Å². The van der Waals surface area contributed by atoms with Crippen molar-refractivity contribution >= 4 is 85.3 Å². The summed E-state index contributed by atoms with van der Waals surface area (Å²) in [6.07, 6.45) is -4.79. The molecule has 1 fully saturated rings. The summed E-state index contributed by atoms with van der Waals surface area (Å²) in [5, 5.41) is 14.0. The van der Waals surface area contributed by atoms with Crippen LogP contribution in [-0.4, -0.2) is 49.6 Å². The van der Waals surface area contributed by atoms with E-state index in [0.29, 0.717) is 17.8 Å². The number of fused-ring (bicyclic) bond motifs is 1. The third kappa shape index (κ3) is 24.4. The van der Waals surface area contributed by atoms with Crippen LogP contribution < -0.4 is 183 Å². The molecule has 11 nitrogen and oxygen atoms in total. The molecule has 0 unspecified atom stereocenters. The molecule has 6 rings (SSSR count). The second-order valence-corrected chi connectivity index (χ2v) is 19.4. The summed E-state index contributed by atoms with van der Waals surface area (Å²) in [6, 6.07) is 28.5. The second-order valence-electron chi connectivity index (χ2n) is 17.6. The fourth-order valence-electron chi connectivity index (χ4n) is 5.91. The summed E-state index contributed by atoms with van der Waals surface area (Å²) in [7, 11) is 1.03. The van der Waals surface area contributed by atoms with Crippen LogP contribution in [0.2, 0.25) is 0 Å². The summed E-state index contributed by atoms with van der Waals surface area (Å²) in [5.74, 6) is -0.313. The number of hydrogen-bond acceptors (Lipinski definition) is 10. The van der Waals surface area contributed by atoms with Crippen molar-refractivity contribution in [2.45, 2.75) is 122 Å². The fourth-order valence-corrected chi connectivity index (χ4v) is 6.97. The zero-order valence-electron chi connectivity index (χ0n) is 44.8. The predicted molar refractivity (Wildman–Crippen MR) is 263 cm³/mol. The average molecular weight is 1380 g/mol. The molecule has 70 heavy (non-hydrogen) atoms. The Bertz CT molecular complexity index is 2390. The number of furan rings is 1. The van der Waals surface area contributed by atoms with Crippen molar-refractivity contribution in [1.82, 2.24) is 5.32 Å². The Balaban J connectivity index is -0.000000423. The van der Waals surface area contributed by atoms with Crippen LogP contribution in [0, 0.1) is 13.8 Å². The van der Waals surface area contributed by atoms with Crippen LogP contribution in [0.5, 0.6) is 0 Å². The van der Waals surface area contributed by atoms with Gasteiger partial charge in [-0.15, -0.1) is 11.6 Å². The number of alkyl carbamates (subject to hydrolysis) is 1. The van der Waals surface area contributed by atoms with Crippen LogP contribution in [0.15, 0.2) is 99.9 Å². The first-order chi connectivity index (χ1) is 31.0. The Hall–Kier alpha value is 0.719. The first-order valence-corrected chi connectivity index (χ1v) is 23.2. The number of halogens is 6. The van der Waals surface area contributed by atoms with Crippen molar-refractivity contribution in [2.75, 3.05) is 7.11 Å². The van der Waals surface area contributed by atoms with E-state index in [-0.39, 0.29) is 207 Å². The van der Waals surface area contributed by atoms with E-state index in [4.69, 9.17) is 40.4 Å². The number of benzene rings is 4. The van der Waals surface area contributed by atoms with E-state index in [1.165, 1.54) is 40.6 Å². The molecule has 1 saturated heterocycles. The molecule has 4 aromatic carbocycles. The Labute approximate surface area is 575 Å². The number of aryl methyl sites for hydroxylation is 2. The zero-order valence-corrected chi connectivity index (χ0v) is 61.3. The average Bonchev–Trinajstić information content (AvgIpc) is 3.84. The first kappa shape index (κ1) is 72.8. The van der Waals surface area contributed by atoms with Gasteiger partial charge in [-0.25, -0.2) is 4.79 Å². The van der Waals surface area contributed by atoms with E-state index >= 15 is 0 Å². The molecular weight excluding hydrogens is 1310 g/mol. The fraction of sp³-hybridized carbons (Fsp3) is 0.408. The maximum absolute atomic E-state index is 11.8. The number of methoxy groups -OCH3 is 1. The molecule has 1 aliphatic rings. The van der Waals surface area contributed by atoms with Gasteiger partial charge in [-0.05, 0) is 139 Å². The van der Waals surface area contributed by atoms with E-state index in [2.05, 4.69) is 90.7 Å². The van der Waals surface area contributed by atoms with Gasteiger partial charge in [-0.2, -0.15) is 13.2 Å².